The first-order valence-electron chi connectivity index (χ1n) is 8.75. The molecule has 2 aromatic carbocycles. The second kappa shape index (κ2) is 7.33. The molecule has 0 aliphatic heterocycles. The van der Waals surface area contributed by atoms with E-state index < -0.39 is 0 Å². The molecule has 7 heteroatoms. The van der Waals surface area contributed by atoms with Gasteiger partial charge in [-0.2, -0.15) is 5.26 Å². The lowest BCUT2D eigenvalue weighted by molar-refractivity contribution is 0.402. The van der Waals surface area contributed by atoms with Crippen molar-refractivity contribution < 1.29 is 5.11 Å². The number of imidazole rings is 1. The van der Waals surface area contributed by atoms with Crippen LogP contribution in [0.25, 0.3) is 27.5 Å². The van der Waals surface area contributed by atoms with Crippen molar-refractivity contribution in [1.82, 2.24) is 19.9 Å². The number of nitriles is 1. The minimum Gasteiger partial charge on any atom is -0.510 e. The van der Waals surface area contributed by atoms with Crippen LogP contribution in [0.3, 0.4) is 0 Å². The Hall–Kier alpha value is -3.37. The van der Waals surface area contributed by atoms with Crippen LogP contribution in [0.5, 0.6) is 0 Å². The fourth-order valence-corrected chi connectivity index (χ4v) is 4.03. The van der Waals surface area contributed by atoms with Gasteiger partial charge in [0.25, 0.3) is 0 Å². The lowest BCUT2D eigenvalue weighted by Gasteiger charge is -2.13. The van der Waals surface area contributed by atoms with Crippen LogP contribution >= 0.6 is 11.8 Å². The minimum atomic E-state index is -0.388. The quantitative estimate of drug-likeness (QED) is 0.226. The van der Waals surface area contributed by atoms with Crippen LogP contribution in [-0.2, 0) is 0 Å². The zero-order valence-electron chi connectivity index (χ0n) is 15.3. The second-order valence-electron chi connectivity index (χ2n) is 6.33. The third-order valence-corrected chi connectivity index (χ3v) is 5.46. The number of fused-ring (bicyclic) bond motifs is 2. The molecule has 0 aliphatic carbocycles. The molecule has 1 atom stereocenters. The van der Waals surface area contributed by atoms with Crippen molar-refractivity contribution in [1.29, 1.82) is 5.26 Å². The van der Waals surface area contributed by atoms with Gasteiger partial charge in [0.05, 0.1) is 21.8 Å². The van der Waals surface area contributed by atoms with Crippen molar-refractivity contribution in [3.05, 3.63) is 65.9 Å². The monoisotopic (exact) mass is 387 g/mol. The molecule has 28 heavy (non-hydrogen) atoms. The molecule has 2 aromatic heterocycles. The molecule has 2 heterocycles. The Labute approximate surface area is 166 Å². The maximum atomic E-state index is 10.8. The molecule has 0 radical (unpaired) electrons. The van der Waals surface area contributed by atoms with Crippen LogP contribution in [-0.4, -0.2) is 30.3 Å². The van der Waals surface area contributed by atoms with Crippen LogP contribution in [0.2, 0.25) is 0 Å². The molecule has 0 amide bonds. The Kier molecular flexibility index (Phi) is 4.72. The molecule has 0 spiro atoms. The van der Waals surface area contributed by atoms with Crippen molar-refractivity contribution in [2.24, 2.45) is 0 Å². The van der Waals surface area contributed by atoms with Crippen LogP contribution < -0.4 is 0 Å². The highest BCUT2D eigenvalue weighted by Gasteiger charge is 2.20. The molecular formula is C21H17N5OS. The second-order valence-corrected chi connectivity index (χ2v) is 7.66. The molecule has 0 fully saturated rings. The summed E-state index contributed by atoms with van der Waals surface area (Å²) >= 11 is 1.39. The van der Waals surface area contributed by atoms with Gasteiger partial charge >= 0.3 is 0 Å². The lowest BCUT2D eigenvalue weighted by atomic mass is 10.2. The van der Waals surface area contributed by atoms with Gasteiger partial charge in [-0.1, -0.05) is 42.1 Å². The fraction of sp³-hybridized carbons (Fsp3) is 0.143. The van der Waals surface area contributed by atoms with Gasteiger partial charge in [-0.15, -0.1) is 0 Å². The first-order chi connectivity index (χ1) is 13.6. The van der Waals surface area contributed by atoms with Crippen molar-refractivity contribution in [2.45, 2.75) is 24.1 Å². The van der Waals surface area contributed by atoms with E-state index in [2.05, 4.69) is 26.0 Å². The van der Waals surface area contributed by atoms with E-state index in [4.69, 9.17) is 0 Å². The number of rotatable bonds is 4. The third-order valence-electron chi connectivity index (χ3n) is 4.35. The first kappa shape index (κ1) is 18.0. The van der Waals surface area contributed by atoms with Crippen molar-refractivity contribution in [2.75, 3.05) is 0 Å². The van der Waals surface area contributed by atoms with Gasteiger partial charge in [-0.3, -0.25) is 0 Å². The van der Waals surface area contributed by atoms with Crippen LogP contribution in [0.15, 0.2) is 59.3 Å². The van der Waals surface area contributed by atoms with Gasteiger partial charge < -0.3 is 10.1 Å². The number of para-hydroxylation sites is 3. The van der Waals surface area contributed by atoms with Gasteiger partial charge in [0.15, 0.2) is 5.82 Å². The van der Waals surface area contributed by atoms with E-state index in [1.807, 2.05) is 62.4 Å². The summed E-state index contributed by atoms with van der Waals surface area (Å²) in [5, 5.41) is 21.7. The molecular weight excluding hydrogens is 370 g/mol. The van der Waals surface area contributed by atoms with Gasteiger partial charge in [-0.25, -0.2) is 15.0 Å². The summed E-state index contributed by atoms with van der Waals surface area (Å²) < 4.78 is 0. The van der Waals surface area contributed by atoms with Crippen LogP contribution in [0, 0.1) is 18.3 Å². The number of H-pyrrole nitrogens is 1. The lowest BCUT2D eigenvalue weighted by Crippen LogP contribution is -2.06. The van der Waals surface area contributed by atoms with Crippen molar-refractivity contribution in [3.63, 3.8) is 0 Å². The molecule has 4 aromatic rings. The number of aliphatic hydroxyl groups is 1. The van der Waals surface area contributed by atoms with Gasteiger partial charge in [-0.05, 0) is 32.0 Å². The summed E-state index contributed by atoms with van der Waals surface area (Å²) in [6.07, 6.45) is 0. The highest BCUT2D eigenvalue weighted by atomic mass is 32.2. The Morgan fingerprint density at radius 1 is 1.07 bits per heavy atom. The maximum Gasteiger partial charge on any atom is 0.152 e. The number of aromatic amines is 1. The van der Waals surface area contributed by atoms with E-state index in [9.17, 15) is 10.4 Å². The van der Waals surface area contributed by atoms with Gasteiger partial charge in [0.2, 0.25) is 0 Å². The third kappa shape index (κ3) is 3.30. The molecule has 0 saturated carbocycles. The minimum absolute atomic E-state index is 0.0353. The predicted octanol–water partition coefficient (Wildman–Crippen LogP) is 4.79. The van der Waals surface area contributed by atoms with Gasteiger partial charge in [0, 0.05) is 5.39 Å². The number of hydrogen-bond donors (Lipinski definition) is 2. The first-order valence-corrected chi connectivity index (χ1v) is 9.63. The van der Waals surface area contributed by atoms with E-state index in [-0.39, 0.29) is 16.6 Å². The van der Waals surface area contributed by atoms with Gasteiger partial charge in [0.1, 0.15) is 28.3 Å². The summed E-state index contributed by atoms with van der Waals surface area (Å²) in [4.78, 5) is 16.5. The average molecular weight is 387 g/mol. The van der Waals surface area contributed by atoms with Crippen LogP contribution in [0.4, 0.5) is 0 Å². The number of thioether (sulfide) groups is 1. The smallest absolute Gasteiger partial charge is 0.152 e. The normalized spacial score (nSPS) is 13.3. The Morgan fingerprint density at radius 2 is 1.79 bits per heavy atom. The molecule has 1 unspecified atom stereocenters. The molecule has 4 rings (SSSR count). The summed E-state index contributed by atoms with van der Waals surface area (Å²) in [6, 6.07) is 17.3. The topological polar surface area (TPSA) is 98.5 Å². The summed E-state index contributed by atoms with van der Waals surface area (Å²) in [7, 11) is 0. The number of aromatic nitrogens is 4. The van der Waals surface area contributed by atoms with E-state index in [1.54, 1.807) is 0 Å². The zero-order chi connectivity index (χ0) is 19.7. The molecule has 2 N–H and O–H groups in total. The van der Waals surface area contributed by atoms with E-state index in [0.29, 0.717) is 11.6 Å². The highest BCUT2D eigenvalue weighted by Crippen LogP contribution is 2.33. The number of aliphatic hydroxyl groups excluding tert-OH is 1. The number of benzene rings is 2. The standard InChI is InChI=1S/C21H17N5OS/c1-12(28-21-14-7-3-4-8-16(14)23-13(2)24-21)19(27)15(11-22)20-25-17-9-5-6-10-18(17)26-20/h3-10,12,27H,1-2H3,(H,25,26)/b19-15-. The maximum absolute atomic E-state index is 10.8. The van der Waals surface area contributed by atoms with E-state index in [0.717, 1.165) is 27.0 Å². The highest BCUT2D eigenvalue weighted by molar-refractivity contribution is 8.00. The SMILES string of the molecule is Cc1nc(SC(C)/C(O)=C(\C#N)c2nc3ccccc3[nH]2)c2ccccc2n1. The summed E-state index contributed by atoms with van der Waals surface area (Å²) in [5.41, 5.74) is 2.55. The number of hydrogen-bond acceptors (Lipinski definition) is 6. The molecule has 0 bridgehead atoms. The predicted molar refractivity (Wildman–Crippen MR) is 111 cm³/mol. The average Bonchev–Trinajstić information content (AvgIpc) is 3.12. The molecule has 6 nitrogen and oxygen atoms in total. The van der Waals surface area contributed by atoms with Crippen molar-refractivity contribution in [3.8, 4) is 6.07 Å². The fourth-order valence-electron chi connectivity index (χ4n) is 2.98. The van der Waals surface area contributed by atoms with E-state index >= 15 is 0 Å². The summed E-state index contributed by atoms with van der Waals surface area (Å²) in [6.45, 7) is 3.68. The number of nitrogens with zero attached hydrogens (tertiary/aromatic N) is 4. The summed E-state index contributed by atoms with van der Waals surface area (Å²) in [5.74, 6) is 0.985. The number of nitrogens with one attached hydrogen (secondary N) is 1. The zero-order valence-corrected chi connectivity index (χ0v) is 16.2. The Bertz CT molecular complexity index is 1220. The number of aryl methyl sites for hydroxylation is 1. The Morgan fingerprint density at radius 3 is 2.54 bits per heavy atom. The largest absolute Gasteiger partial charge is 0.510 e. The molecule has 138 valence electrons. The Balaban J connectivity index is 1.72. The van der Waals surface area contributed by atoms with Crippen LogP contribution in [0.1, 0.15) is 18.6 Å². The number of allylic oxidation sites excluding steroid dienone is 1. The molecule has 0 saturated heterocycles. The van der Waals surface area contributed by atoms with E-state index in [1.165, 1.54) is 11.8 Å². The van der Waals surface area contributed by atoms with Crippen molar-refractivity contribution >= 4 is 39.3 Å². The molecule has 0 aliphatic rings.